The fourth-order valence-corrected chi connectivity index (χ4v) is 2.22. The van der Waals surface area contributed by atoms with Gasteiger partial charge in [-0.3, -0.25) is 4.79 Å². The maximum Gasteiger partial charge on any atom is 0.314 e. The molecule has 2 aromatic rings. The Hall–Kier alpha value is -2.55. The highest BCUT2D eigenvalue weighted by atomic mass is 16.5. The first-order chi connectivity index (χ1) is 9.62. The molecule has 1 heterocycles. The minimum absolute atomic E-state index is 0.0478. The van der Waals surface area contributed by atoms with Gasteiger partial charge in [0, 0.05) is 0 Å². The Morgan fingerprint density at radius 1 is 1.50 bits per heavy atom. The molecule has 1 N–H and O–H groups in total. The van der Waals surface area contributed by atoms with E-state index in [-0.39, 0.29) is 6.42 Å². The van der Waals surface area contributed by atoms with Crippen LogP contribution in [0.5, 0.6) is 5.75 Å². The number of benzene rings is 1. The topological polar surface area (TPSA) is 88.0 Å². The Labute approximate surface area is 116 Å². The second kappa shape index (κ2) is 5.61. The number of carbonyl (C=O) groups excluding carboxylic acids is 1. The van der Waals surface area contributed by atoms with Gasteiger partial charge in [0.05, 0.1) is 38.1 Å². The van der Waals surface area contributed by atoms with E-state index in [2.05, 4.69) is 9.97 Å². The predicted molar refractivity (Wildman–Crippen MR) is 72.4 cm³/mol. The average molecular weight is 273 g/mol. The maximum atomic E-state index is 11.9. The molecule has 0 spiro atoms. The van der Waals surface area contributed by atoms with Crippen LogP contribution in [-0.4, -0.2) is 30.2 Å². The molecule has 1 aromatic carbocycles. The summed E-state index contributed by atoms with van der Waals surface area (Å²) >= 11 is 0. The van der Waals surface area contributed by atoms with Gasteiger partial charge in [-0.2, -0.15) is 5.26 Å². The Kier molecular flexibility index (Phi) is 3.89. The quantitative estimate of drug-likeness (QED) is 0.861. The number of esters is 1. The highest BCUT2D eigenvalue weighted by molar-refractivity contribution is 5.90. The van der Waals surface area contributed by atoms with Gasteiger partial charge < -0.3 is 14.5 Å². The number of hydrogen-bond acceptors (Lipinski definition) is 5. The molecule has 6 heteroatoms. The van der Waals surface area contributed by atoms with Crippen LogP contribution in [0, 0.1) is 18.3 Å². The zero-order valence-corrected chi connectivity index (χ0v) is 11.6. The van der Waals surface area contributed by atoms with Gasteiger partial charge in [-0.05, 0) is 18.6 Å². The maximum absolute atomic E-state index is 11.9. The van der Waals surface area contributed by atoms with Crippen LogP contribution in [-0.2, 0) is 9.53 Å². The average Bonchev–Trinajstić information content (AvgIpc) is 2.84. The number of nitrogens with one attached hydrogen (secondary N) is 1. The van der Waals surface area contributed by atoms with Crippen molar-refractivity contribution >= 4 is 17.0 Å². The molecule has 0 bridgehead atoms. The van der Waals surface area contributed by atoms with Crippen molar-refractivity contribution in [3.63, 3.8) is 0 Å². The molecular weight excluding hydrogens is 258 g/mol. The smallest absolute Gasteiger partial charge is 0.314 e. The normalized spacial score (nSPS) is 11.9. The van der Waals surface area contributed by atoms with Gasteiger partial charge in [-0.1, -0.05) is 6.07 Å². The minimum atomic E-state index is -0.641. The van der Waals surface area contributed by atoms with Crippen LogP contribution < -0.4 is 4.74 Å². The van der Waals surface area contributed by atoms with Crippen molar-refractivity contribution in [3.05, 3.63) is 23.5 Å². The van der Waals surface area contributed by atoms with Crippen LogP contribution in [0.4, 0.5) is 0 Å². The number of rotatable bonds is 4. The van der Waals surface area contributed by atoms with E-state index in [1.165, 1.54) is 7.11 Å². The third kappa shape index (κ3) is 2.30. The van der Waals surface area contributed by atoms with E-state index in [0.29, 0.717) is 28.2 Å². The molecular formula is C14H15N3O3. The van der Waals surface area contributed by atoms with Gasteiger partial charge in [-0.25, -0.2) is 4.98 Å². The number of imidazole rings is 1. The summed E-state index contributed by atoms with van der Waals surface area (Å²) in [7, 11) is 2.87. The van der Waals surface area contributed by atoms with Gasteiger partial charge in [0.1, 0.15) is 17.1 Å². The van der Waals surface area contributed by atoms with Gasteiger partial charge in [0.2, 0.25) is 0 Å². The lowest BCUT2D eigenvalue weighted by molar-refractivity contribution is -0.142. The monoisotopic (exact) mass is 273 g/mol. The second-order valence-electron chi connectivity index (χ2n) is 4.34. The van der Waals surface area contributed by atoms with Crippen LogP contribution in [0.25, 0.3) is 11.0 Å². The van der Waals surface area contributed by atoms with Crippen LogP contribution in [0.1, 0.15) is 23.7 Å². The number of aromatic nitrogens is 2. The standard InChI is InChI=1S/C14H15N3O3/c1-8-16-12-9(10(6-7-15)14(18)20-3)4-5-11(19-2)13(12)17-8/h4-5,10H,6H2,1-3H3,(H,16,17). The van der Waals surface area contributed by atoms with E-state index >= 15 is 0 Å². The van der Waals surface area contributed by atoms with Gasteiger partial charge in [-0.15, -0.1) is 0 Å². The molecule has 1 unspecified atom stereocenters. The first-order valence-corrected chi connectivity index (χ1v) is 6.10. The largest absolute Gasteiger partial charge is 0.494 e. The van der Waals surface area contributed by atoms with Crippen molar-refractivity contribution in [1.82, 2.24) is 9.97 Å². The van der Waals surface area contributed by atoms with Crippen LogP contribution >= 0.6 is 0 Å². The molecule has 0 aliphatic rings. The summed E-state index contributed by atoms with van der Waals surface area (Å²) in [6.45, 7) is 1.82. The number of H-pyrrole nitrogens is 1. The molecule has 0 saturated carbocycles. The van der Waals surface area contributed by atoms with Crippen molar-refractivity contribution in [2.45, 2.75) is 19.3 Å². The number of nitriles is 1. The highest BCUT2D eigenvalue weighted by Gasteiger charge is 2.25. The zero-order chi connectivity index (χ0) is 14.7. The second-order valence-corrected chi connectivity index (χ2v) is 4.34. The summed E-state index contributed by atoms with van der Waals surface area (Å²) in [5.41, 5.74) is 2.04. The number of hydrogen-bond donors (Lipinski definition) is 1. The summed E-state index contributed by atoms with van der Waals surface area (Å²) in [5, 5.41) is 8.91. The van der Waals surface area contributed by atoms with Gasteiger partial charge in [0.15, 0.2) is 0 Å². The first-order valence-electron chi connectivity index (χ1n) is 6.10. The Bertz CT molecular complexity index is 685. The summed E-state index contributed by atoms with van der Waals surface area (Å²) < 4.78 is 10.0. The third-order valence-corrected chi connectivity index (χ3v) is 3.13. The highest BCUT2D eigenvalue weighted by Crippen LogP contribution is 2.32. The molecule has 1 atom stereocenters. The number of carbonyl (C=O) groups is 1. The molecule has 2 rings (SSSR count). The molecule has 0 aliphatic carbocycles. The van der Waals surface area contributed by atoms with Gasteiger partial charge >= 0.3 is 5.97 Å². The molecule has 0 radical (unpaired) electrons. The van der Waals surface area contributed by atoms with E-state index in [1.807, 2.05) is 13.0 Å². The van der Waals surface area contributed by atoms with Crippen molar-refractivity contribution in [3.8, 4) is 11.8 Å². The lowest BCUT2D eigenvalue weighted by Crippen LogP contribution is -2.14. The molecule has 1 aromatic heterocycles. The Morgan fingerprint density at radius 3 is 2.85 bits per heavy atom. The molecule has 0 aliphatic heterocycles. The lowest BCUT2D eigenvalue weighted by atomic mass is 9.95. The molecule has 0 amide bonds. The molecule has 20 heavy (non-hydrogen) atoms. The number of ether oxygens (including phenoxy) is 2. The van der Waals surface area contributed by atoms with E-state index in [1.54, 1.807) is 19.2 Å². The first kappa shape index (κ1) is 13.9. The number of aromatic amines is 1. The van der Waals surface area contributed by atoms with Crippen molar-refractivity contribution < 1.29 is 14.3 Å². The fourth-order valence-electron chi connectivity index (χ4n) is 2.22. The van der Waals surface area contributed by atoms with Crippen LogP contribution in [0.3, 0.4) is 0 Å². The summed E-state index contributed by atoms with van der Waals surface area (Å²) in [6, 6.07) is 5.52. The van der Waals surface area contributed by atoms with E-state index in [4.69, 9.17) is 14.7 Å². The number of aryl methyl sites for hydroxylation is 1. The van der Waals surface area contributed by atoms with E-state index in [9.17, 15) is 4.79 Å². The molecule has 0 saturated heterocycles. The Balaban J connectivity index is 2.64. The van der Waals surface area contributed by atoms with E-state index in [0.717, 1.165) is 0 Å². The molecule has 6 nitrogen and oxygen atoms in total. The minimum Gasteiger partial charge on any atom is -0.494 e. The summed E-state index contributed by atoms with van der Waals surface area (Å²) in [4.78, 5) is 19.3. The number of fused-ring (bicyclic) bond motifs is 1. The van der Waals surface area contributed by atoms with Crippen molar-refractivity contribution in [1.29, 1.82) is 5.26 Å². The number of methoxy groups -OCH3 is 2. The molecule has 104 valence electrons. The third-order valence-electron chi connectivity index (χ3n) is 3.13. The van der Waals surface area contributed by atoms with Gasteiger partial charge in [0.25, 0.3) is 0 Å². The van der Waals surface area contributed by atoms with E-state index < -0.39 is 11.9 Å². The molecule has 0 fully saturated rings. The van der Waals surface area contributed by atoms with Crippen molar-refractivity contribution in [2.75, 3.05) is 14.2 Å². The number of nitrogens with zero attached hydrogens (tertiary/aromatic N) is 2. The Morgan fingerprint density at radius 2 is 2.25 bits per heavy atom. The SMILES string of the molecule is COC(=O)C(CC#N)c1ccc(OC)c2nc(C)[nH]c12. The van der Waals surface area contributed by atoms with Crippen molar-refractivity contribution in [2.24, 2.45) is 0 Å². The van der Waals surface area contributed by atoms with Crippen LogP contribution in [0.15, 0.2) is 12.1 Å². The zero-order valence-electron chi connectivity index (χ0n) is 11.6. The summed E-state index contributed by atoms with van der Waals surface area (Å²) in [5.74, 6) is 0.253. The predicted octanol–water partition coefficient (Wildman–Crippen LogP) is 2.05. The van der Waals surface area contributed by atoms with Crippen LogP contribution in [0.2, 0.25) is 0 Å². The summed E-state index contributed by atoms with van der Waals surface area (Å²) in [6.07, 6.45) is 0.0478. The fraction of sp³-hybridized carbons (Fsp3) is 0.357. The lowest BCUT2D eigenvalue weighted by Gasteiger charge is -2.13.